The molecule has 1 aromatic rings. The summed E-state index contributed by atoms with van der Waals surface area (Å²) in [5.41, 5.74) is 0.815. The molecule has 0 unspecified atom stereocenters. The number of hydrogen-bond donors (Lipinski definition) is 1. The lowest BCUT2D eigenvalue weighted by molar-refractivity contribution is -0.134. The Bertz CT molecular complexity index is 283. The minimum absolute atomic E-state index is 0.128. The Labute approximate surface area is 86.1 Å². The summed E-state index contributed by atoms with van der Waals surface area (Å²) in [5, 5.41) is 5.69. The molecule has 72 valence electrons. The van der Waals surface area contributed by atoms with E-state index in [-0.39, 0.29) is 6.54 Å². The Morgan fingerprint density at radius 2 is 2.38 bits per heavy atom. The van der Waals surface area contributed by atoms with Crippen LogP contribution in [-0.2, 0) is 11.3 Å². The molecule has 0 radical (unpaired) electrons. The maximum atomic E-state index is 12.3. The summed E-state index contributed by atoms with van der Waals surface area (Å²) in [6.45, 7) is 0.128. The van der Waals surface area contributed by atoms with Crippen LogP contribution in [0.2, 0.25) is 0 Å². The first-order valence-electron chi connectivity index (χ1n) is 3.36. The van der Waals surface area contributed by atoms with E-state index in [0.717, 1.165) is 5.56 Å². The van der Waals surface area contributed by atoms with Gasteiger partial charge in [-0.3, -0.25) is 4.79 Å². The molecule has 1 heterocycles. The number of halogens is 3. The highest BCUT2D eigenvalue weighted by molar-refractivity contribution is 9.10. The fourth-order valence-electron chi connectivity index (χ4n) is 0.676. The first-order chi connectivity index (χ1) is 6.00. The summed E-state index contributed by atoms with van der Waals surface area (Å²) < 4.78 is 24.5. The van der Waals surface area contributed by atoms with Gasteiger partial charge in [0.2, 0.25) is 0 Å². The SMILES string of the molecule is O=C(NCc1ccsc1)C(F)(F)Br. The van der Waals surface area contributed by atoms with Crippen LogP contribution in [0, 0.1) is 0 Å². The normalized spacial score (nSPS) is 11.3. The second kappa shape index (κ2) is 4.15. The minimum atomic E-state index is -3.48. The van der Waals surface area contributed by atoms with Gasteiger partial charge in [-0.05, 0) is 22.4 Å². The third-order valence-corrected chi connectivity index (χ3v) is 2.38. The van der Waals surface area contributed by atoms with Gasteiger partial charge < -0.3 is 5.32 Å². The Hall–Kier alpha value is -0.490. The highest BCUT2D eigenvalue weighted by Crippen LogP contribution is 2.21. The molecule has 1 aromatic heterocycles. The maximum absolute atomic E-state index is 12.3. The number of nitrogens with one attached hydrogen (secondary N) is 1. The lowest BCUT2D eigenvalue weighted by Crippen LogP contribution is -2.34. The van der Waals surface area contributed by atoms with Crippen LogP contribution in [-0.4, -0.2) is 10.7 Å². The van der Waals surface area contributed by atoms with Crippen LogP contribution in [0.25, 0.3) is 0 Å². The van der Waals surface area contributed by atoms with E-state index < -0.39 is 10.7 Å². The number of hydrogen-bond acceptors (Lipinski definition) is 2. The van der Waals surface area contributed by atoms with E-state index in [1.54, 1.807) is 11.4 Å². The molecule has 0 aliphatic heterocycles. The van der Waals surface area contributed by atoms with Crippen molar-refractivity contribution in [1.29, 1.82) is 0 Å². The van der Waals surface area contributed by atoms with Gasteiger partial charge in [0.1, 0.15) is 0 Å². The molecule has 0 aromatic carbocycles. The number of thiophene rings is 1. The monoisotopic (exact) mass is 269 g/mol. The first kappa shape index (κ1) is 10.6. The third-order valence-electron chi connectivity index (χ3n) is 1.29. The fraction of sp³-hybridized carbons (Fsp3) is 0.286. The largest absolute Gasteiger partial charge is 0.377 e. The molecule has 0 bridgehead atoms. The summed E-state index contributed by atoms with van der Waals surface area (Å²) >= 11 is 3.41. The molecular formula is C7H6BrF2NOS. The van der Waals surface area contributed by atoms with Crippen molar-refractivity contribution in [2.45, 2.75) is 11.4 Å². The van der Waals surface area contributed by atoms with Crippen LogP contribution in [0.3, 0.4) is 0 Å². The minimum Gasteiger partial charge on any atom is -0.346 e. The number of carbonyl (C=O) groups excluding carboxylic acids is 1. The van der Waals surface area contributed by atoms with Crippen LogP contribution in [0.5, 0.6) is 0 Å². The molecule has 6 heteroatoms. The molecule has 0 fully saturated rings. The predicted octanol–water partition coefficient (Wildman–Crippen LogP) is 2.35. The summed E-state index contributed by atoms with van der Waals surface area (Å²) in [6, 6.07) is 1.76. The van der Waals surface area contributed by atoms with Crippen molar-refractivity contribution >= 4 is 33.2 Å². The van der Waals surface area contributed by atoms with Crippen molar-refractivity contribution in [3.63, 3.8) is 0 Å². The number of alkyl halides is 3. The van der Waals surface area contributed by atoms with E-state index in [1.165, 1.54) is 11.3 Å². The first-order valence-corrected chi connectivity index (χ1v) is 5.10. The molecular weight excluding hydrogens is 264 g/mol. The molecule has 0 saturated heterocycles. The van der Waals surface area contributed by atoms with Gasteiger partial charge in [-0.1, -0.05) is 0 Å². The number of amides is 1. The lowest BCUT2D eigenvalue weighted by atomic mass is 10.3. The number of rotatable bonds is 3. The quantitative estimate of drug-likeness (QED) is 0.839. The number of carbonyl (C=O) groups is 1. The second-order valence-corrected chi connectivity index (χ2v) is 4.09. The van der Waals surface area contributed by atoms with Gasteiger partial charge in [0.05, 0.1) is 0 Å². The average Bonchev–Trinajstić information content (AvgIpc) is 2.50. The van der Waals surface area contributed by atoms with Gasteiger partial charge in [-0.2, -0.15) is 20.1 Å². The topological polar surface area (TPSA) is 29.1 Å². The van der Waals surface area contributed by atoms with Crippen molar-refractivity contribution in [2.75, 3.05) is 0 Å². The fourth-order valence-corrected chi connectivity index (χ4v) is 1.48. The molecule has 1 amide bonds. The van der Waals surface area contributed by atoms with E-state index in [0.29, 0.717) is 0 Å². The van der Waals surface area contributed by atoms with Gasteiger partial charge in [0, 0.05) is 22.5 Å². The third kappa shape index (κ3) is 3.40. The zero-order valence-corrected chi connectivity index (χ0v) is 8.79. The van der Waals surface area contributed by atoms with Gasteiger partial charge in [0.25, 0.3) is 0 Å². The van der Waals surface area contributed by atoms with E-state index in [9.17, 15) is 13.6 Å². The second-order valence-electron chi connectivity index (χ2n) is 2.31. The van der Waals surface area contributed by atoms with E-state index in [1.807, 2.05) is 21.3 Å². The highest BCUT2D eigenvalue weighted by atomic mass is 79.9. The molecule has 0 atom stereocenters. The standard InChI is InChI=1S/C7H6BrF2NOS/c8-7(9,10)6(12)11-3-5-1-2-13-4-5/h1-2,4H,3H2,(H,11,12). The molecule has 0 spiro atoms. The summed E-state index contributed by atoms with van der Waals surface area (Å²) in [5.74, 6) is -1.32. The molecule has 0 aliphatic rings. The maximum Gasteiger partial charge on any atom is 0.377 e. The highest BCUT2D eigenvalue weighted by Gasteiger charge is 2.34. The Kier molecular flexibility index (Phi) is 3.38. The summed E-state index contributed by atoms with van der Waals surface area (Å²) in [7, 11) is 0. The van der Waals surface area contributed by atoms with Crippen LogP contribution >= 0.6 is 27.3 Å². The van der Waals surface area contributed by atoms with Crippen molar-refractivity contribution in [3.05, 3.63) is 22.4 Å². The van der Waals surface area contributed by atoms with Crippen LogP contribution in [0.4, 0.5) is 8.78 Å². The summed E-state index contributed by atoms with van der Waals surface area (Å²) in [4.78, 5) is 7.17. The average molecular weight is 270 g/mol. The molecule has 13 heavy (non-hydrogen) atoms. The van der Waals surface area contributed by atoms with Gasteiger partial charge in [-0.15, -0.1) is 0 Å². The van der Waals surface area contributed by atoms with E-state index in [2.05, 4.69) is 5.32 Å². The van der Waals surface area contributed by atoms with Crippen molar-refractivity contribution in [3.8, 4) is 0 Å². The van der Waals surface area contributed by atoms with Crippen molar-refractivity contribution in [2.24, 2.45) is 0 Å². The molecule has 1 rings (SSSR count). The van der Waals surface area contributed by atoms with E-state index in [4.69, 9.17) is 0 Å². The van der Waals surface area contributed by atoms with Crippen molar-refractivity contribution < 1.29 is 13.6 Å². The zero-order valence-electron chi connectivity index (χ0n) is 6.39. The Balaban J connectivity index is 2.40. The molecule has 2 nitrogen and oxygen atoms in total. The van der Waals surface area contributed by atoms with Crippen molar-refractivity contribution in [1.82, 2.24) is 5.32 Å². The smallest absolute Gasteiger partial charge is 0.346 e. The summed E-state index contributed by atoms with van der Waals surface area (Å²) in [6.07, 6.45) is 0. The van der Waals surface area contributed by atoms with Crippen LogP contribution in [0.1, 0.15) is 5.56 Å². The van der Waals surface area contributed by atoms with Crippen LogP contribution < -0.4 is 5.32 Å². The Morgan fingerprint density at radius 1 is 1.69 bits per heavy atom. The van der Waals surface area contributed by atoms with Gasteiger partial charge in [0.15, 0.2) is 0 Å². The predicted molar refractivity (Wildman–Crippen MR) is 50.0 cm³/mol. The molecule has 0 saturated carbocycles. The van der Waals surface area contributed by atoms with Crippen LogP contribution in [0.15, 0.2) is 16.8 Å². The lowest BCUT2D eigenvalue weighted by Gasteiger charge is -2.07. The Morgan fingerprint density at radius 3 is 2.85 bits per heavy atom. The molecule has 0 aliphatic carbocycles. The van der Waals surface area contributed by atoms with Gasteiger partial charge >= 0.3 is 10.7 Å². The molecule has 1 N–H and O–H groups in total. The van der Waals surface area contributed by atoms with Gasteiger partial charge in [-0.25, -0.2) is 0 Å². The zero-order chi connectivity index (χ0) is 9.90. The van der Waals surface area contributed by atoms with E-state index >= 15 is 0 Å².